The van der Waals surface area contributed by atoms with Crippen molar-refractivity contribution < 1.29 is 4.74 Å². The highest BCUT2D eigenvalue weighted by atomic mass is 35.5. The molecule has 1 aromatic rings. The van der Waals surface area contributed by atoms with E-state index < -0.39 is 0 Å². The summed E-state index contributed by atoms with van der Waals surface area (Å²) in [4.78, 5) is 6.46. The Hall–Kier alpha value is -0.800. The normalized spacial score (nSPS) is 17.5. The quantitative estimate of drug-likeness (QED) is 0.722. The molecule has 0 radical (unpaired) electrons. The molecule has 1 aromatic heterocycles. The van der Waals surface area contributed by atoms with Gasteiger partial charge in [-0.25, -0.2) is 0 Å². The number of halogens is 1. The van der Waals surface area contributed by atoms with Crippen LogP contribution in [0.2, 0.25) is 0 Å². The lowest BCUT2D eigenvalue weighted by Gasteiger charge is -2.23. The molecule has 0 saturated carbocycles. The fourth-order valence-electron chi connectivity index (χ4n) is 1.80. The van der Waals surface area contributed by atoms with Gasteiger partial charge in [0.05, 0.1) is 18.5 Å². The number of nitrogens with zero attached hydrogens (tertiary/aromatic N) is 2. The van der Waals surface area contributed by atoms with E-state index in [0.29, 0.717) is 5.88 Å². The highest BCUT2D eigenvalue weighted by Crippen LogP contribution is 2.21. The lowest BCUT2D eigenvalue weighted by Crippen LogP contribution is -2.26. The Kier molecular flexibility index (Phi) is 3.80. The molecule has 15 heavy (non-hydrogen) atoms. The maximum atomic E-state index is 5.91. The first kappa shape index (κ1) is 10.7. The van der Waals surface area contributed by atoms with Crippen molar-refractivity contribution in [2.75, 3.05) is 31.2 Å². The van der Waals surface area contributed by atoms with Crippen molar-refractivity contribution in [3.8, 4) is 0 Å². The van der Waals surface area contributed by atoms with Gasteiger partial charge in [0.2, 0.25) is 0 Å². The van der Waals surface area contributed by atoms with Gasteiger partial charge in [-0.05, 0) is 18.1 Å². The second-order valence-electron chi connectivity index (χ2n) is 3.59. The molecule has 0 amide bonds. The molecule has 1 saturated heterocycles. The zero-order chi connectivity index (χ0) is 10.5. The number of aromatic nitrogens is 1. The Balaban J connectivity index is 2.18. The van der Waals surface area contributed by atoms with Crippen LogP contribution in [0.4, 0.5) is 5.69 Å². The second-order valence-corrected chi connectivity index (χ2v) is 3.86. The maximum absolute atomic E-state index is 5.91. The summed E-state index contributed by atoms with van der Waals surface area (Å²) >= 11 is 5.91. The average molecular weight is 227 g/mol. The van der Waals surface area contributed by atoms with Crippen molar-refractivity contribution >= 4 is 17.3 Å². The Bertz CT molecular complexity index is 311. The summed E-state index contributed by atoms with van der Waals surface area (Å²) in [6.07, 6.45) is 4.75. The van der Waals surface area contributed by atoms with Crippen molar-refractivity contribution in [3.63, 3.8) is 0 Å². The van der Waals surface area contributed by atoms with Gasteiger partial charge < -0.3 is 9.64 Å². The van der Waals surface area contributed by atoms with Gasteiger partial charge in [0.15, 0.2) is 0 Å². The first-order valence-corrected chi connectivity index (χ1v) is 5.77. The highest BCUT2D eigenvalue weighted by Gasteiger charge is 2.12. The molecule has 1 aliphatic rings. The van der Waals surface area contributed by atoms with Crippen LogP contribution in [-0.2, 0) is 10.6 Å². The van der Waals surface area contributed by atoms with Gasteiger partial charge in [-0.2, -0.15) is 0 Å². The summed E-state index contributed by atoms with van der Waals surface area (Å²) in [6.45, 7) is 3.59. The van der Waals surface area contributed by atoms with E-state index in [0.717, 1.165) is 44.0 Å². The molecule has 2 heterocycles. The number of anilines is 1. The molecule has 0 aliphatic carbocycles. The number of rotatable bonds is 2. The third-order valence-electron chi connectivity index (χ3n) is 2.59. The Morgan fingerprint density at radius 3 is 3.20 bits per heavy atom. The molecule has 82 valence electrons. The van der Waals surface area contributed by atoms with Gasteiger partial charge in [0.25, 0.3) is 0 Å². The minimum absolute atomic E-state index is 0.537. The zero-order valence-electron chi connectivity index (χ0n) is 8.66. The molecular formula is C11H15ClN2O. The molecule has 1 fully saturated rings. The van der Waals surface area contributed by atoms with Crippen LogP contribution in [0.5, 0.6) is 0 Å². The van der Waals surface area contributed by atoms with Gasteiger partial charge in [-0.3, -0.25) is 4.98 Å². The predicted octanol–water partition coefficient (Wildman–Crippen LogP) is 2.05. The third kappa shape index (κ3) is 2.61. The standard InChI is InChI=1S/C11H15ClN2O/c12-8-10-2-3-13-9-11(10)14-4-1-6-15-7-5-14/h2-3,9H,1,4-8H2. The van der Waals surface area contributed by atoms with Crippen LogP contribution in [0.15, 0.2) is 18.5 Å². The predicted molar refractivity (Wildman–Crippen MR) is 61.4 cm³/mol. The van der Waals surface area contributed by atoms with Gasteiger partial charge in [0.1, 0.15) is 0 Å². The largest absolute Gasteiger partial charge is 0.380 e. The molecule has 0 aromatic carbocycles. The first-order valence-electron chi connectivity index (χ1n) is 5.23. The van der Waals surface area contributed by atoms with E-state index in [1.807, 2.05) is 12.3 Å². The lowest BCUT2D eigenvalue weighted by molar-refractivity contribution is 0.152. The Labute approximate surface area is 95.0 Å². The number of ether oxygens (including phenoxy) is 1. The summed E-state index contributed by atoms with van der Waals surface area (Å²) in [7, 11) is 0. The summed E-state index contributed by atoms with van der Waals surface area (Å²) in [5.74, 6) is 0.537. The van der Waals surface area contributed by atoms with Crippen molar-refractivity contribution in [2.24, 2.45) is 0 Å². The van der Waals surface area contributed by atoms with E-state index in [4.69, 9.17) is 16.3 Å². The molecule has 2 rings (SSSR count). The summed E-state index contributed by atoms with van der Waals surface area (Å²) in [5.41, 5.74) is 2.30. The van der Waals surface area contributed by atoms with E-state index in [9.17, 15) is 0 Å². The Morgan fingerprint density at radius 2 is 2.33 bits per heavy atom. The van der Waals surface area contributed by atoms with E-state index in [-0.39, 0.29) is 0 Å². The molecule has 0 bridgehead atoms. The van der Waals surface area contributed by atoms with E-state index in [2.05, 4.69) is 9.88 Å². The molecule has 4 heteroatoms. The van der Waals surface area contributed by atoms with E-state index in [1.54, 1.807) is 6.20 Å². The van der Waals surface area contributed by atoms with Crippen LogP contribution in [0.3, 0.4) is 0 Å². The summed E-state index contributed by atoms with van der Waals surface area (Å²) in [6, 6.07) is 1.98. The van der Waals surface area contributed by atoms with Gasteiger partial charge in [-0.15, -0.1) is 11.6 Å². The SMILES string of the molecule is ClCc1ccncc1N1CCCOCC1. The van der Waals surface area contributed by atoms with Crippen molar-refractivity contribution in [3.05, 3.63) is 24.0 Å². The first-order chi connectivity index (χ1) is 7.42. The smallest absolute Gasteiger partial charge is 0.0641 e. The molecule has 3 nitrogen and oxygen atoms in total. The highest BCUT2D eigenvalue weighted by molar-refractivity contribution is 6.17. The molecule has 0 N–H and O–H groups in total. The zero-order valence-corrected chi connectivity index (χ0v) is 9.41. The summed E-state index contributed by atoms with van der Waals surface area (Å²) in [5, 5.41) is 0. The van der Waals surface area contributed by atoms with Crippen LogP contribution >= 0.6 is 11.6 Å². The van der Waals surface area contributed by atoms with E-state index in [1.165, 1.54) is 0 Å². The van der Waals surface area contributed by atoms with Gasteiger partial charge in [-0.1, -0.05) is 0 Å². The Morgan fingerprint density at radius 1 is 1.40 bits per heavy atom. The van der Waals surface area contributed by atoms with Gasteiger partial charge in [0, 0.05) is 31.8 Å². The average Bonchev–Trinajstić information content (AvgIpc) is 2.57. The number of pyridine rings is 1. The molecule has 1 aliphatic heterocycles. The maximum Gasteiger partial charge on any atom is 0.0641 e. The van der Waals surface area contributed by atoms with Crippen LogP contribution in [0.25, 0.3) is 0 Å². The second kappa shape index (κ2) is 5.33. The fourth-order valence-corrected chi connectivity index (χ4v) is 2.03. The van der Waals surface area contributed by atoms with Crippen LogP contribution in [0, 0.1) is 0 Å². The van der Waals surface area contributed by atoms with Crippen LogP contribution < -0.4 is 4.90 Å². The fraction of sp³-hybridized carbons (Fsp3) is 0.545. The van der Waals surface area contributed by atoms with Gasteiger partial charge >= 0.3 is 0 Å². The minimum atomic E-state index is 0.537. The monoisotopic (exact) mass is 226 g/mol. The number of hydrogen-bond acceptors (Lipinski definition) is 3. The minimum Gasteiger partial charge on any atom is -0.380 e. The van der Waals surface area contributed by atoms with Crippen molar-refractivity contribution in [2.45, 2.75) is 12.3 Å². The molecule has 0 atom stereocenters. The number of alkyl halides is 1. The van der Waals surface area contributed by atoms with E-state index >= 15 is 0 Å². The summed E-state index contributed by atoms with van der Waals surface area (Å²) < 4.78 is 5.42. The lowest BCUT2D eigenvalue weighted by atomic mass is 10.2. The molecule has 0 unspecified atom stereocenters. The molecular weight excluding hydrogens is 212 g/mol. The third-order valence-corrected chi connectivity index (χ3v) is 2.88. The van der Waals surface area contributed by atoms with Crippen LogP contribution in [0.1, 0.15) is 12.0 Å². The number of hydrogen-bond donors (Lipinski definition) is 0. The van der Waals surface area contributed by atoms with Crippen molar-refractivity contribution in [1.82, 2.24) is 4.98 Å². The van der Waals surface area contributed by atoms with Crippen LogP contribution in [-0.4, -0.2) is 31.3 Å². The van der Waals surface area contributed by atoms with Crippen molar-refractivity contribution in [1.29, 1.82) is 0 Å². The molecule has 0 spiro atoms. The topological polar surface area (TPSA) is 25.4 Å².